The quantitative estimate of drug-likeness (QED) is 0.526. The van der Waals surface area contributed by atoms with Crippen LogP contribution in [-0.2, 0) is 4.74 Å². The van der Waals surface area contributed by atoms with Crippen LogP contribution in [0.15, 0.2) is 24.4 Å². The Kier molecular flexibility index (Phi) is 7.26. The molecule has 162 valence electrons. The highest BCUT2D eigenvalue weighted by Gasteiger charge is 2.26. The summed E-state index contributed by atoms with van der Waals surface area (Å²) < 4.78 is 5.45. The molecule has 2 aromatic rings. The van der Waals surface area contributed by atoms with Crippen molar-refractivity contribution in [1.29, 1.82) is 5.41 Å². The van der Waals surface area contributed by atoms with Crippen molar-refractivity contribution in [2.75, 3.05) is 26.2 Å². The molecule has 30 heavy (non-hydrogen) atoms. The van der Waals surface area contributed by atoms with Gasteiger partial charge in [-0.1, -0.05) is 11.6 Å². The lowest BCUT2D eigenvalue weighted by molar-refractivity contribution is 0.0184. The van der Waals surface area contributed by atoms with Gasteiger partial charge in [-0.3, -0.25) is 4.98 Å². The summed E-state index contributed by atoms with van der Waals surface area (Å²) in [6, 6.07) is 5.51. The number of pyridine rings is 2. The van der Waals surface area contributed by atoms with E-state index in [0.717, 1.165) is 49.1 Å². The second-order valence-corrected chi connectivity index (χ2v) is 9.17. The molecule has 0 saturated carbocycles. The Labute approximate surface area is 182 Å². The van der Waals surface area contributed by atoms with Crippen molar-refractivity contribution in [2.24, 2.45) is 5.92 Å². The summed E-state index contributed by atoms with van der Waals surface area (Å²) in [5.74, 6) is 0.426. The molecule has 3 heterocycles. The third-order valence-corrected chi connectivity index (χ3v) is 5.43. The smallest absolute Gasteiger partial charge is 0.410 e. The summed E-state index contributed by atoms with van der Waals surface area (Å²) in [6.45, 7) is 8.61. The minimum Gasteiger partial charge on any atom is -0.444 e. The SMILES string of the molecule is CC(C)(C)OC(=O)N1CCC(CNCC(C=N)c2cnc3ccc(Cl)nc3c2)CC1. The van der Waals surface area contributed by atoms with Crippen LogP contribution in [-0.4, -0.2) is 59.0 Å². The summed E-state index contributed by atoms with van der Waals surface area (Å²) in [6.07, 6.45) is 4.90. The number of nitrogens with one attached hydrogen (secondary N) is 2. The number of piperidine rings is 1. The lowest BCUT2D eigenvalue weighted by Crippen LogP contribution is -2.43. The molecule has 1 fully saturated rings. The summed E-state index contributed by atoms with van der Waals surface area (Å²) in [5.41, 5.74) is 2.01. The number of hydrogen-bond donors (Lipinski definition) is 2. The lowest BCUT2D eigenvalue weighted by Gasteiger charge is -2.33. The molecule has 1 amide bonds. The standard InChI is InChI=1S/C22H30ClN5O2/c1-22(2,3)30-21(29)28-8-6-15(7-9-28)12-25-13-17(11-24)16-10-19-18(26-14-16)4-5-20(23)27-19/h4-5,10-11,14-15,17,24-25H,6-9,12-13H2,1-3H3. The lowest BCUT2D eigenvalue weighted by atomic mass is 9.96. The highest BCUT2D eigenvalue weighted by atomic mass is 35.5. The Morgan fingerprint density at radius 2 is 2.10 bits per heavy atom. The average Bonchev–Trinajstić information content (AvgIpc) is 2.70. The van der Waals surface area contributed by atoms with Crippen LogP contribution < -0.4 is 5.32 Å². The van der Waals surface area contributed by atoms with Crippen LogP contribution in [0, 0.1) is 11.3 Å². The number of halogens is 1. The van der Waals surface area contributed by atoms with Crippen molar-refractivity contribution < 1.29 is 9.53 Å². The van der Waals surface area contributed by atoms with Crippen LogP contribution >= 0.6 is 11.6 Å². The average molecular weight is 432 g/mol. The number of fused-ring (bicyclic) bond motifs is 1. The van der Waals surface area contributed by atoms with Gasteiger partial charge in [-0.2, -0.15) is 0 Å². The molecule has 0 bridgehead atoms. The monoisotopic (exact) mass is 431 g/mol. The summed E-state index contributed by atoms with van der Waals surface area (Å²) in [7, 11) is 0. The van der Waals surface area contributed by atoms with Gasteiger partial charge in [0.2, 0.25) is 0 Å². The van der Waals surface area contributed by atoms with E-state index in [9.17, 15) is 4.79 Å². The van der Waals surface area contributed by atoms with E-state index in [2.05, 4.69) is 15.3 Å². The zero-order chi connectivity index (χ0) is 21.7. The maximum absolute atomic E-state index is 12.2. The Bertz CT molecular complexity index is 891. The summed E-state index contributed by atoms with van der Waals surface area (Å²) in [4.78, 5) is 22.7. The van der Waals surface area contributed by atoms with Gasteiger partial charge in [0.15, 0.2) is 0 Å². The third kappa shape index (κ3) is 6.12. The molecule has 2 N–H and O–H groups in total. The molecule has 1 aliphatic rings. The zero-order valence-electron chi connectivity index (χ0n) is 17.8. The van der Waals surface area contributed by atoms with Gasteiger partial charge in [0, 0.05) is 38.0 Å². The number of nitrogens with zero attached hydrogens (tertiary/aromatic N) is 3. The highest BCUT2D eigenvalue weighted by molar-refractivity contribution is 6.29. The van der Waals surface area contributed by atoms with Crippen LogP contribution in [0.25, 0.3) is 11.0 Å². The number of carbonyl (C=O) groups is 1. The van der Waals surface area contributed by atoms with Gasteiger partial charge in [-0.15, -0.1) is 0 Å². The zero-order valence-corrected chi connectivity index (χ0v) is 18.6. The Morgan fingerprint density at radius 1 is 1.37 bits per heavy atom. The molecule has 0 radical (unpaired) electrons. The predicted octanol–water partition coefficient (Wildman–Crippen LogP) is 4.25. The van der Waals surface area contributed by atoms with E-state index < -0.39 is 5.60 Å². The predicted molar refractivity (Wildman–Crippen MR) is 119 cm³/mol. The first-order chi connectivity index (χ1) is 14.2. The van der Waals surface area contributed by atoms with Crippen molar-refractivity contribution in [3.05, 3.63) is 35.1 Å². The largest absolute Gasteiger partial charge is 0.444 e. The van der Waals surface area contributed by atoms with Gasteiger partial charge >= 0.3 is 6.09 Å². The van der Waals surface area contributed by atoms with Crippen molar-refractivity contribution >= 4 is 34.9 Å². The van der Waals surface area contributed by atoms with Gasteiger partial charge in [0.25, 0.3) is 0 Å². The minimum atomic E-state index is -0.463. The van der Waals surface area contributed by atoms with Gasteiger partial charge in [-0.25, -0.2) is 9.78 Å². The van der Waals surface area contributed by atoms with Gasteiger partial charge in [0.05, 0.1) is 11.0 Å². The molecular formula is C22H30ClN5O2. The van der Waals surface area contributed by atoms with Gasteiger partial charge in [-0.05, 0) is 69.8 Å². The molecule has 2 aromatic heterocycles. The number of carbonyl (C=O) groups excluding carboxylic acids is 1. The van der Waals surface area contributed by atoms with E-state index in [1.54, 1.807) is 17.2 Å². The second kappa shape index (κ2) is 9.71. The molecule has 0 spiro atoms. The van der Waals surface area contributed by atoms with E-state index in [-0.39, 0.29) is 12.0 Å². The first-order valence-corrected chi connectivity index (χ1v) is 10.7. The summed E-state index contributed by atoms with van der Waals surface area (Å²) in [5, 5.41) is 11.7. The van der Waals surface area contributed by atoms with E-state index in [0.29, 0.717) is 17.6 Å². The number of rotatable bonds is 6. The van der Waals surface area contributed by atoms with E-state index in [4.69, 9.17) is 21.7 Å². The number of ether oxygens (including phenoxy) is 1. The van der Waals surface area contributed by atoms with Crippen molar-refractivity contribution in [3.8, 4) is 0 Å². The topological polar surface area (TPSA) is 91.2 Å². The molecule has 3 rings (SSSR count). The highest BCUT2D eigenvalue weighted by Crippen LogP contribution is 2.21. The fraction of sp³-hybridized carbons (Fsp3) is 0.545. The third-order valence-electron chi connectivity index (χ3n) is 5.22. The molecule has 7 nitrogen and oxygen atoms in total. The molecule has 1 unspecified atom stereocenters. The van der Waals surface area contributed by atoms with Crippen molar-refractivity contribution in [3.63, 3.8) is 0 Å². The Hall–Kier alpha value is -2.25. The Morgan fingerprint density at radius 3 is 2.77 bits per heavy atom. The van der Waals surface area contributed by atoms with Crippen LogP contribution in [0.1, 0.15) is 45.1 Å². The van der Waals surface area contributed by atoms with E-state index in [1.165, 1.54) is 6.21 Å². The van der Waals surface area contributed by atoms with Crippen molar-refractivity contribution in [2.45, 2.75) is 45.1 Å². The fourth-order valence-corrected chi connectivity index (χ4v) is 3.72. The Balaban J connectivity index is 1.48. The maximum atomic E-state index is 12.2. The number of likely N-dealkylation sites (tertiary alicyclic amines) is 1. The molecule has 0 aliphatic carbocycles. The molecule has 1 aliphatic heterocycles. The molecule has 1 atom stereocenters. The van der Waals surface area contributed by atoms with Crippen molar-refractivity contribution in [1.82, 2.24) is 20.2 Å². The first kappa shape index (κ1) is 22.4. The molecule has 8 heteroatoms. The summed E-state index contributed by atoms with van der Waals surface area (Å²) >= 11 is 5.99. The van der Waals surface area contributed by atoms with E-state index in [1.807, 2.05) is 32.9 Å². The second-order valence-electron chi connectivity index (χ2n) is 8.78. The van der Waals surface area contributed by atoms with Crippen LogP contribution in [0.4, 0.5) is 4.79 Å². The molecular weight excluding hydrogens is 402 g/mol. The number of amides is 1. The fourth-order valence-electron chi connectivity index (χ4n) is 3.56. The van der Waals surface area contributed by atoms with Crippen LogP contribution in [0.5, 0.6) is 0 Å². The first-order valence-electron chi connectivity index (χ1n) is 10.4. The maximum Gasteiger partial charge on any atom is 0.410 e. The molecule has 1 saturated heterocycles. The van der Waals surface area contributed by atoms with Gasteiger partial charge < -0.3 is 20.4 Å². The van der Waals surface area contributed by atoms with Crippen LogP contribution in [0.2, 0.25) is 5.15 Å². The van der Waals surface area contributed by atoms with Gasteiger partial charge in [0.1, 0.15) is 10.8 Å². The van der Waals surface area contributed by atoms with E-state index >= 15 is 0 Å². The van der Waals surface area contributed by atoms with Crippen LogP contribution in [0.3, 0.4) is 0 Å². The normalized spacial score (nSPS) is 16.5. The number of aromatic nitrogens is 2. The minimum absolute atomic E-state index is 0.0791. The molecule has 0 aromatic carbocycles. The number of hydrogen-bond acceptors (Lipinski definition) is 6.